The minimum Gasteiger partial charge on any atom is -0.871 e. The molecular weight excluding hydrogens is 1000 g/mol. The largest absolute Gasteiger partial charge is 1.00 e. The number of aryl methyl sites for hydroxylation is 2. The van der Waals surface area contributed by atoms with Gasteiger partial charge in [-0.15, -0.1) is 20.1 Å². The summed E-state index contributed by atoms with van der Waals surface area (Å²) in [4.78, 5) is 38.8. The molecule has 66 heavy (non-hydrogen) atoms. The van der Waals surface area contributed by atoms with Gasteiger partial charge in [-0.3, -0.25) is 19.8 Å². The van der Waals surface area contributed by atoms with Gasteiger partial charge in [0.25, 0.3) is 21.1 Å². The van der Waals surface area contributed by atoms with Crippen LogP contribution in [0.2, 0.25) is 10.0 Å². The molecule has 0 atom stereocenters. The van der Waals surface area contributed by atoms with Crippen molar-refractivity contribution in [1.82, 2.24) is 34.3 Å². The van der Waals surface area contributed by atoms with Crippen LogP contribution < -0.4 is 65.5 Å². The number of phenols is 1. The van der Waals surface area contributed by atoms with Crippen molar-refractivity contribution >= 4 is 78.1 Å². The maximum Gasteiger partial charge on any atom is 1.00 e. The van der Waals surface area contributed by atoms with Gasteiger partial charge in [-0.05, 0) is 107 Å². The van der Waals surface area contributed by atoms with E-state index in [0.29, 0.717) is 39.4 Å². The molecule has 0 aliphatic heterocycles. The fourth-order valence-corrected chi connectivity index (χ4v) is 7.48. The molecule has 0 bridgehead atoms. The number of carbonyl (C=O) groups is 1. The number of nitrogens with one attached hydrogen (secondary N) is 6. The Morgan fingerprint density at radius 3 is 1.64 bits per heavy atom. The van der Waals surface area contributed by atoms with E-state index in [4.69, 9.17) is 23.2 Å². The molecule has 8 N–H and O–H groups in total. The summed E-state index contributed by atoms with van der Waals surface area (Å²) in [6, 6.07) is 17.8. The Balaban J connectivity index is 0.000000340. The summed E-state index contributed by atoms with van der Waals surface area (Å²) >= 11 is 11.7. The topological polar surface area (TPSA) is 324 Å². The van der Waals surface area contributed by atoms with Gasteiger partial charge in [-0.1, -0.05) is 35.0 Å². The van der Waals surface area contributed by atoms with E-state index in [9.17, 15) is 46.5 Å². The van der Waals surface area contributed by atoms with Crippen LogP contribution in [0.25, 0.3) is 11.4 Å². The number of benzene rings is 4. The number of phenolic OH excluding ortho intramolecular Hbond substituents is 1. The molecule has 0 saturated carbocycles. The van der Waals surface area contributed by atoms with Crippen LogP contribution in [-0.2, 0) is 36.8 Å². The number of amidine groups is 1. The Labute approximate surface area is 418 Å². The van der Waals surface area contributed by atoms with Gasteiger partial charge in [0.15, 0.2) is 11.4 Å². The van der Waals surface area contributed by atoms with E-state index in [1.807, 2.05) is 9.44 Å². The number of aromatic nitrogens is 4. The van der Waals surface area contributed by atoms with Gasteiger partial charge in [-0.2, -0.15) is 13.5 Å². The first kappa shape index (κ1) is 54.6. The van der Waals surface area contributed by atoms with Crippen LogP contribution in [0.15, 0.2) is 125 Å². The van der Waals surface area contributed by atoms with Crippen molar-refractivity contribution in [3.63, 3.8) is 0 Å². The molecule has 0 aliphatic carbocycles. The zero-order valence-electron chi connectivity index (χ0n) is 35.2. The Kier molecular flexibility index (Phi) is 19.5. The van der Waals surface area contributed by atoms with E-state index in [2.05, 4.69) is 41.0 Å². The van der Waals surface area contributed by atoms with Crippen molar-refractivity contribution in [2.24, 2.45) is 20.5 Å². The van der Waals surface area contributed by atoms with Crippen molar-refractivity contribution in [3.05, 3.63) is 127 Å². The smallest absolute Gasteiger partial charge is 0.871 e. The number of amides is 2. The van der Waals surface area contributed by atoms with Gasteiger partial charge in [-0.25, -0.2) is 32.3 Å². The minimum absolute atomic E-state index is 0. The van der Waals surface area contributed by atoms with Gasteiger partial charge in [0.05, 0.1) is 39.9 Å². The number of aromatic hydroxyl groups is 1. The number of rotatable bonds is 12. The maximum absolute atomic E-state index is 12.7. The quantitative estimate of drug-likeness (QED) is 0.0374. The molecule has 2 amide bonds. The molecule has 0 unspecified atom stereocenters. The second kappa shape index (κ2) is 23.6. The Morgan fingerprint density at radius 1 is 0.727 bits per heavy atom. The van der Waals surface area contributed by atoms with E-state index in [0.717, 1.165) is 36.4 Å². The fourth-order valence-electron chi connectivity index (χ4n) is 5.32. The number of sulfonamides is 2. The number of aliphatic hydroxyl groups excluding tert-OH is 1. The van der Waals surface area contributed by atoms with E-state index < -0.39 is 49.0 Å². The number of aromatic amines is 2. The van der Waals surface area contributed by atoms with Gasteiger partial charge >= 0.3 is 51.6 Å². The van der Waals surface area contributed by atoms with Crippen molar-refractivity contribution in [1.29, 1.82) is 0 Å². The fraction of sp³-hybridized carbons (Fsp3) is 0.158. The molecule has 4 aromatic carbocycles. The molecule has 28 heteroatoms. The zero-order valence-corrected chi connectivity index (χ0v) is 41.4. The van der Waals surface area contributed by atoms with Crippen LogP contribution in [0.3, 0.4) is 0 Å². The predicted octanol–water partition coefficient (Wildman–Crippen LogP) is 1.17. The number of carbonyl (C=O) groups excluding carboxylic acids is 1. The van der Waals surface area contributed by atoms with Crippen LogP contribution in [0.5, 0.6) is 11.5 Å². The second-order valence-corrected chi connectivity index (χ2v) is 17.3. The molecule has 0 fully saturated rings. The van der Waals surface area contributed by atoms with Crippen molar-refractivity contribution in [2.45, 2.75) is 37.5 Å². The molecule has 0 spiro atoms. The zero-order chi connectivity index (χ0) is 46.9. The van der Waals surface area contributed by atoms with E-state index in [1.54, 1.807) is 76.2 Å². The molecule has 345 valence electrons. The monoisotopic (exact) mass is 1040 g/mol. The van der Waals surface area contributed by atoms with Gasteiger partial charge in [0.1, 0.15) is 16.3 Å². The number of azo groups is 2. The molecule has 2 heterocycles. The molecule has 1 radical (unpaired) electrons. The standard InChI is InChI=1S/2C19H19ClN6O5S.Co.Na/c2*1-3-21-19(29)25-32(30,31)14-8-9-16(27)15(10-14)22-23-17-11(2)24-26(18(17)28)13-6-4-12(20)5-7-13;;/h2*4-10,24,27H,3H2,1-2H3,(H2,21,25,29);;/q;;;+1. The molecule has 6 rings (SSSR count). The predicted molar refractivity (Wildman–Crippen MR) is 233 cm³/mol. The summed E-state index contributed by atoms with van der Waals surface area (Å²) in [6.45, 7) is 7.04. The summed E-state index contributed by atoms with van der Waals surface area (Å²) in [5.74, 6) is -0.962. The molecule has 0 aliphatic rings. The Bertz CT molecular complexity index is 3140. The van der Waals surface area contributed by atoms with Gasteiger partial charge < -0.3 is 20.6 Å². The summed E-state index contributed by atoms with van der Waals surface area (Å²) in [7, 11) is -8.39. The average Bonchev–Trinajstić information content (AvgIpc) is 3.68. The number of hydrogen-bond acceptors (Lipinski definition) is 13. The van der Waals surface area contributed by atoms with Crippen molar-refractivity contribution < 1.29 is 88.3 Å². The Hall–Kier alpha value is -5.77. The van der Waals surface area contributed by atoms with Crippen molar-refractivity contribution in [3.8, 4) is 22.9 Å². The van der Waals surface area contributed by atoms with Crippen LogP contribution in [0.4, 0.5) is 27.5 Å². The van der Waals surface area contributed by atoms with Crippen LogP contribution in [-0.4, -0.2) is 71.8 Å². The minimum atomic E-state index is -4.24. The summed E-state index contributed by atoms with van der Waals surface area (Å²) < 4.78 is 55.7. The first-order valence-corrected chi connectivity index (χ1v) is 22.2. The van der Waals surface area contributed by atoms with Crippen LogP contribution >= 0.6 is 23.2 Å². The third-order valence-corrected chi connectivity index (χ3v) is 11.6. The first-order chi connectivity index (χ1) is 30.2. The molecule has 22 nitrogen and oxygen atoms in total. The van der Waals surface area contributed by atoms with Gasteiger partial charge in [0, 0.05) is 33.4 Å². The Morgan fingerprint density at radius 2 is 1.17 bits per heavy atom. The summed E-state index contributed by atoms with van der Waals surface area (Å²) in [5, 5.41) is 56.2. The van der Waals surface area contributed by atoms with Crippen LogP contribution in [0.1, 0.15) is 25.2 Å². The second-order valence-electron chi connectivity index (χ2n) is 13.0. The SMILES string of the molecule is CCNC(=O)NS(=O)(=O)c1ccc([O-])c(N=Nc2c(C)[nH]n(-c3ccc(Cl)cc3)c2=O)c1.CC[NH+]=C(O)NS(=O)(=O)c1ccc(O)c(N=Nc2c(C)[nH]n(-c3ccc(Cl)cc3)c2=O)c1.[Co].[Na+]. The summed E-state index contributed by atoms with van der Waals surface area (Å²) in [5.41, 5.74) is 0.214. The van der Waals surface area contributed by atoms with E-state index in [1.165, 1.54) is 9.36 Å². The average molecular weight is 1040 g/mol. The number of hydrogen-bond donors (Lipinski definition) is 8. The number of aliphatic hydroxyl groups is 1. The first-order valence-electron chi connectivity index (χ1n) is 18.5. The summed E-state index contributed by atoms with van der Waals surface area (Å²) in [6.07, 6.45) is 0. The number of H-pyrrole nitrogens is 2. The van der Waals surface area contributed by atoms with Gasteiger partial charge in [0.2, 0.25) is 0 Å². The number of halogens is 2. The van der Waals surface area contributed by atoms with Crippen molar-refractivity contribution in [2.75, 3.05) is 13.1 Å². The molecule has 6 aromatic rings. The molecule has 0 saturated heterocycles. The molecular formula is C38H38Cl2CoN12NaO10S2+. The van der Waals surface area contributed by atoms with Crippen LogP contribution in [0, 0.1) is 13.8 Å². The van der Waals surface area contributed by atoms with E-state index >= 15 is 0 Å². The normalized spacial score (nSPS) is 11.6. The third kappa shape index (κ3) is 13.6. The molecule has 2 aromatic heterocycles. The van der Waals surface area contributed by atoms with E-state index in [-0.39, 0.29) is 91.2 Å². The maximum atomic E-state index is 12.7. The number of nitrogens with zero attached hydrogens (tertiary/aromatic N) is 6. The third-order valence-electron chi connectivity index (χ3n) is 8.40. The number of urea groups is 1.